The number of anilines is 2. The van der Waals surface area contributed by atoms with Crippen LogP contribution in [-0.4, -0.2) is 57.5 Å². The lowest BCUT2D eigenvalue weighted by atomic mass is 10.1. The number of carbonyl (C=O) groups excluding carboxylic acids is 1. The van der Waals surface area contributed by atoms with Crippen molar-refractivity contribution in [3.63, 3.8) is 0 Å². The van der Waals surface area contributed by atoms with E-state index in [0.717, 1.165) is 48.8 Å². The molecule has 0 bridgehead atoms. The molecule has 32 heavy (non-hydrogen) atoms. The molecule has 4 rings (SSSR count). The van der Waals surface area contributed by atoms with Crippen LogP contribution in [0.1, 0.15) is 15.9 Å². The van der Waals surface area contributed by atoms with Gasteiger partial charge < -0.3 is 19.1 Å². The number of carbonyl (C=O) groups is 1. The number of hydrogen-bond acceptors (Lipinski definition) is 7. The molecule has 0 aliphatic carbocycles. The van der Waals surface area contributed by atoms with Gasteiger partial charge in [0.25, 0.3) is 5.91 Å². The molecule has 1 fully saturated rings. The number of ether oxygens (including phenoxy) is 3. The summed E-state index contributed by atoms with van der Waals surface area (Å²) in [5.74, 6) is -0.171. The monoisotopic (exact) mass is 453 g/mol. The molecular weight excluding hydrogens is 426 g/mol. The van der Waals surface area contributed by atoms with E-state index < -0.39 is 0 Å². The molecule has 0 atom stereocenters. The molecule has 2 aromatic carbocycles. The molecule has 168 valence electrons. The fourth-order valence-electron chi connectivity index (χ4n) is 3.49. The fraction of sp³-hybridized carbons (Fsp3) is 0.333. The van der Waals surface area contributed by atoms with E-state index in [4.69, 9.17) is 14.2 Å². The zero-order chi connectivity index (χ0) is 22.2. The molecule has 1 amide bonds. The van der Waals surface area contributed by atoms with E-state index in [1.165, 1.54) is 11.3 Å². The highest BCUT2D eigenvalue weighted by molar-refractivity contribution is 7.14. The molecule has 0 saturated carbocycles. The Labute approximate surface area is 191 Å². The third-order valence-corrected chi connectivity index (χ3v) is 5.97. The van der Waals surface area contributed by atoms with Crippen molar-refractivity contribution in [2.24, 2.45) is 0 Å². The summed E-state index contributed by atoms with van der Waals surface area (Å²) in [5, 5.41) is 5.43. The molecular formula is C24H27N3O4S. The molecule has 7 nitrogen and oxygen atoms in total. The third-order valence-electron chi connectivity index (χ3n) is 5.21. The van der Waals surface area contributed by atoms with Crippen LogP contribution in [0.3, 0.4) is 0 Å². The molecule has 1 aromatic heterocycles. The first kappa shape index (κ1) is 22.4. The van der Waals surface area contributed by atoms with Crippen LogP contribution in [-0.2, 0) is 20.8 Å². The first-order valence-corrected chi connectivity index (χ1v) is 11.5. The number of methoxy groups -OCH3 is 1. The molecule has 0 unspecified atom stereocenters. The Morgan fingerprint density at radius 2 is 1.91 bits per heavy atom. The molecule has 0 radical (unpaired) electrons. The Morgan fingerprint density at radius 1 is 1.12 bits per heavy atom. The van der Waals surface area contributed by atoms with E-state index in [0.29, 0.717) is 30.5 Å². The molecule has 1 saturated heterocycles. The quantitative estimate of drug-likeness (QED) is 0.493. The Hall–Kier alpha value is -2.78. The van der Waals surface area contributed by atoms with Crippen molar-refractivity contribution < 1.29 is 19.0 Å². The summed E-state index contributed by atoms with van der Waals surface area (Å²) in [6.45, 7) is 4.77. The van der Waals surface area contributed by atoms with Crippen molar-refractivity contribution >= 4 is 28.1 Å². The van der Waals surface area contributed by atoms with Crippen molar-refractivity contribution in [3.05, 3.63) is 65.0 Å². The summed E-state index contributed by atoms with van der Waals surface area (Å²) in [4.78, 5) is 19.6. The average molecular weight is 454 g/mol. The van der Waals surface area contributed by atoms with Crippen LogP contribution < -0.4 is 10.2 Å². The van der Waals surface area contributed by atoms with Crippen LogP contribution in [0.5, 0.6) is 0 Å². The summed E-state index contributed by atoms with van der Waals surface area (Å²) in [7, 11) is 1.65. The van der Waals surface area contributed by atoms with Crippen molar-refractivity contribution in [3.8, 4) is 11.3 Å². The number of nitrogens with one attached hydrogen (secondary N) is 1. The fourth-order valence-corrected chi connectivity index (χ4v) is 4.20. The smallest absolute Gasteiger partial charge is 0.257 e. The molecule has 3 aromatic rings. The predicted octanol–water partition coefficient (Wildman–Crippen LogP) is 4.06. The van der Waals surface area contributed by atoms with Gasteiger partial charge in [-0.1, -0.05) is 24.3 Å². The lowest BCUT2D eigenvalue weighted by Gasteiger charge is -2.28. The minimum absolute atomic E-state index is 0.171. The van der Waals surface area contributed by atoms with Crippen LogP contribution in [0.2, 0.25) is 0 Å². The summed E-state index contributed by atoms with van der Waals surface area (Å²) < 4.78 is 16.1. The van der Waals surface area contributed by atoms with Crippen LogP contribution >= 0.6 is 11.3 Å². The maximum Gasteiger partial charge on any atom is 0.257 e. The van der Waals surface area contributed by atoms with Crippen molar-refractivity contribution in [1.29, 1.82) is 0 Å². The molecule has 1 aliphatic heterocycles. The molecule has 1 N–H and O–H groups in total. The van der Waals surface area contributed by atoms with Gasteiger partial charge in [-0.3, -0.25) is 10.1 Å². The van der Waals surface area contributed by atoms with Gasteiger partial charge in [-0.05, 0) is 29.8 Å². The minimum atomic E-state index is -0.171. The minimum Gasteiger partial charge on any atom is -0.382 e. The maximum absolute atomic E-state index is 12.7. The standard InChI is InChI=1S/C24H27N3O4S/c1-29-14-15-31-16-19-4-2-3-5-21(19)22-17-32-24(25-22)26-23(28)18-6-8-20(9-7-18)27-10-12-30-13-11-27/h2-9,17H,10-16H2,1H3,(H,25,26,28). The number of hydrogen-bond donors (Lipinski definition) is 1. The van der Waals surface area contributed by atoms with Gasteiger partial charge in [0.15, 0.2) is 5.13 Å². The van der Waals surface area contributed by atoms with Gasteiger partial charge in [0.2, 0.25) is 0 Å². The van der Waals surface area contributed by atoms with Crippen molar-refractivity contribution in [2.45, 2.75) is 6.61 Å². The molecule has 8 heteroatoms. The van der Waals surface area contributed by atoms with Gasteiger partial charge in [0.1, 0.15) is 0 Å². The number of rotatable bonds is 9. The Morgan fingerprint density at radius 3 is 2.69 bits per heavy atom. The van der Waals surface area contributed by atoms with E-state index >= 15 is 0 Å². The van der Waals surface area contributed by atoms with E-state index in [-0.39, 0.29) is 5.91 Å². The Bertz CT molecular complexity index is 1020. The topological polar surface area (TPSA) is 72.9 Å². The number of benzene rings is 2. The maximum atomic E-state index is 12.7. The molecule has 0 spiro atoms. The summed E-state index contributed by atoms with van der Waals surface area (Å²) in [6, 6.07) is 15.6. The van der Waals surface area contributed by atoms with Gasteiger partial charge >= 0.3 is 0 Å². The lowest BCUT2D eigenvalue weighted by Crippen LogP contribution is -2.36. The Balaban J connectivity index is 1.39. The zero-order valence-corrected chi connectivity index (χ0v) is 18.9. The van der Waals surface area contributed by atoms with Gasteiger partial charge in [-0.2, -0.15) is 0 Å². The van der Waals surface area contributed by atoms with E-state index in [9.17, 15) is 4.79 Å². The second-order valence-corrected chi connectivity index (χ2v) is 8.20. The number of thiazole rings is 1. The van der Waals surface area contributed by atoms with Gasteiger partial charge in [0, 0.05) is 42.4 Å². The van der Waals surface area contributed by atoms with Crippen molar-refractivity contribution in [1.82, 2.24) is 4.98 Å². The van der Waals surface area contributed by atoms with Crippen LogP contribution in [0, 0.1) is 0 Å². The van der Waals surface area contributed by atoms with E-state index in [1.54, 1.807) is 7.11 Å². The van der Waals surface area contributed by atoms with E-state index in [1.807, 2.05) is 53.9 Å². The molecule has 2 heterocycles. The van der Waals surface area contributed by atoms with Crippen molar-refractivity contribution in [2.75, 3.05) is 56.8 Å². The van der Waals surface area contributed by atoms with Gasteiger partial charge in [0.05, 0.1) is 38.7 Å². The lowest BCUT2D eigenvalue weighted by molar-refractivity contribution is 0.0618. The first-order chi connectivity index (χ1) is 15.7. The number of amides is 1. The van der Waals surface area contributed by atoms with Crippen LogP contribution in [0.15, 0.2) is 53.9 Å². The third kappa shape index (κ3) is 5.72. The number of nitrogens with zero attached hydrogens (tertiary/aromatic N) is 2. The molecule has 1 aliphatic rings. The predicted molar refractivity (Wildman–Crippen MR) is 127 cm³/mol. The highest BCUT2D eigenvalue weighted by Crippen LogP contribution is 2.28. The zero-order valence-electron chi connectivity index (χ0n) is 18.1. The SMILES string of the molecule is COCCOCc1ccccc1-c1csc(NC(=O)c2ccc(N3CCOCC3)cc2)n1. The van der Waals surface area contributed by atoms with E-state index in [2.05, 4.69) is 15.2 Å². The summed E-state index contributed by atoms with van der Waals surface area (Å²) in [5.41, 5.74) is 4.57. The van der Waals surface area contributed by atoms with Gasteiger partial charge in [-0.15, -0.1) is 11.3 Å². The first-order valence-electron chi connectivity index (χ1n) is 10.6. The largest absolute Gasteiger partial charge is 0.382 e. The van der Waals surface area contributed by atoms with Crippen LogP contribution in [0.4, 0.5) is 10.8 Å². The Kier molecular flexibility index (Phi) is 7.84. The van der Waals surface area contributed by atoms with Gasteiger partial charge in [-0.25, -0.2) is 4.98 Å². The number of aromatic nitrogens is 1. The second-order valence-electron chi connectivity index (χ2n) is 7.34. The highest BCUT2D eigenvalue weighted by Gasteiger charge is 2.14. The van der Waals surface area contributed by atoms with Crippen LogP contribution in [0.25, 0.3) is 11.3 Å². The normalized spacial score (nSPS) is 13.8. The highest BCUT2D eigenvalue weighted by atomic mass is 32.1. The summed E-state index contributed by atoms with van der Waals surface area (Å²) >= 11 is 1.41. The number of morpholine rings is 1. The second kappa shape index (κ2) is 11.2. The average Bonchev–Trinajstić information content (AvgIpc) is 3.31. The summed E-state index contributed by atoms with van der Waals surface area (Å²) in [6.07, 6.45) is 0.